The fourth-order valence-corrected chi connectivity index (χ4v) is 4.94. The van der Waals surface area contributed by atoms with Gasteiger partial charge in [0.05, 0.1) is 11.6 Å². The first-order valence-electron chi connectivity index (χ1n) is 11.6. The summed E-state index contributed by atoms with van der Waals surface area (Å²) >= 11 is 2.43. The van der Waals surface area contributed by atoms with Gasteiger partial charge in [-0.15, -0.1) is 0 Å². The third kappa shape index (κ3) is 9.43. The minimum absolute atomic E-state index is 0.166. The molecule has 0 aliphatic rings. The lowest BCUT2D eigenvalue weighted by molar-refractivity contribution is 0.552. The molecule has 1 N–H and O–H groups in total. The Morgan fingerprint density at radius 1 is 1.24 bits per heavy atom. The summed E-state index contributed by atoms with van der Waals surface area (Å²) in [6, 6.07) is 8.15. The van der Waals surface area contributed by atoms with Crippen molar-refractivity contribution in [2.75, 3.05) is 20.1 Å². The Morgan fingerprint density at radius 2 is 1.91 bits per heavy atom. The molecule has 178 valence electrons. The molecule has 0 bridgehead atoms. The number of nitriles is 1. The molecule has 33 heavy (non-hydrogen) atoms. The highest BCUT2D eigenvalue weighted by molar-refractivity contribution is 14.1. The van der Waals surface area contributed by atoms with Crippen LogP contribution < -0.4 is 5.32 Å². The second-order valence-corrected chi connectivity index (χ2v) is 10.4. The molecule has 0 aromatic heterocycles. The fourth-order valence-electron chi connectivity index (χ4n) is 3.69. The third-order valence-corrected chi connectivity index (χ3v) is 6.58. The van der Waals surface area contributed by atoms with Gasteiger partial charge in [-0.3, -0.25) is 4.99 Å². The minimum Gasteiger partial charge on any atom is -0.316 e. The monoisotopic (exact) mass is 557 g/mol. The van der Waals surface area contributed by atoms with Crippen LogP contribution in [0.2, 0.25) is 0 Å². The predicted molar refractivity (Wildman–Crippen MR) is 153 cm³/mol. The van der Waals surface area contributed by atoms with E-state index in [9.17, 15) is 5.26 Å². The van der Waals surface area contributed by atoms with Gasteiger partial charge in [-0.1, -0.05) is 57.2 Å². The molecule has 0 heterocycles. The Labute approximate surface area is 215 Å². The lowest BCUT2D eigenvalue weighted by Gasteiger charge is -2.19. The van der Waals surface area contributed by atoms with Crippen molar-refractivity contribution in [3.8, 4) is 6.07 Å². The van der Waals surface area contributed by atoms with Crippen molar-refractivity contribution in [3.63, 3.8) is 0 Å². The van der Waals surface area contributed by atoms with Gasteiger partial charge in [0.15, 0.2) is 0 Å². The Hall–Kier alpha value is -1.97. The van der Waals surface area contributed by atoms with Crippen LogP contribution in [0.3, 0.4) is 0 Å². The van der Waals surface area contributed by atoms with E-state index in [1.807, 2.05) is 25.2 Å². The van der Waals surface area contributed by atoms with Crippen LogP contribution in [0, 0.1) is 24.2 Å². The number of halogens is 1. The second kappa shape index (κ2) is 14.3. The minimum atomic E-state index is 0.166. The summed E-state index contributed by atoms with van der Waals surface area (Å²) in [6.45, 7) is 23.4. The highest BCUT2D eigenvalue weighted by atomic mass is 127. The highest BCUT2D eigenvalue weighted by Gasteiger charge is 2.17. The molecule has 0 saturated heterocycles. The maximum atomic E-state index is 9.32. The maximum absolute atomic E-state index is 9.32. The molecule has 0 radical (unpaired) electrons. The van der Waals surface area contributed by atoms with E-state index >= 15 is 0 Å². The predicted octanol–water partition coefficient (Wildman–Crippen LogP) is 7.83. The van der Waals surface area contributed by atoms with Gasteiger partial charge in [-0.2, -0.15) is 5.26 Å². The normalized spacial score (nSPS) is 14.1. The Morgan fingerprint density at radius 3 is 2.45 bits per heavy atom. The first-order chi connectivity index (χ1) is 15.5. The Balaban J connectivity index is 3.31. The van der Waals surface area contributed by atoms with Crippen LogP contribution in [0.1, 0.15) is 70.1 Å². The quantitative estimate of drug-likeness (QED) is 0.0936. The van der Waals surface area contributed by atoms with Crippen molar-refractivity contribution in [1.82, 2.24) is 5.32 Å². The summed E-state index contributed by atoms with van der Waals surface area (Å²) in [7, 11) is 1.84. The van der Waals surface area contributed by atoms with E-state index in [0.717, 1.165) is 46.4 Å². The standard InChI is InChI=1S/C29H40IN3/c1-19(2)18-33-13-12-21(5)14-26(20(3)4)29(24(8)32-9)28(30)15-23(7)27-16-25(17-31)11-10-22(27)6/h10-11,15-16,19,23,33H,3,5,12-14,18H2,1-2,4,6-9H3/b28-15+,29-26+,32-24?. The molecule has 1 rings (SSSR count). The molecule has 0 saturated carbocycles. The van der Waals surface area contributed by atoms with Crippen molar-refractivity contribution >= 4 is 28.3 Å². The van der Waals surface area contributed by atoms with Gasteiger partial charge in [0.25, 0.3) is 0 Å². The van der Waals surface area contributed by atoms with E-state index in [0.29, 0.717) is 11.5 Å². The zero-order valence-electron chi connectivity index (χ0n) is 21.5. The van der Waals surface area contributed by atoms with E-state index < -0.39 is 0 Å². The molecule has 0 aliphatic carbocycles. The molecule has 1 aromatic rings. The first-order valence-corrected chi connectivity index (χ1v) is 12.7. The molecule has 0 aliphatic heterocycles. The molecule has 1 unspecified atom stereocenters. The lowest BCUT2D eigenvalue weighted by atomic mass is 9.89. The largest absolute Gasteiger partial charge is 0.316 e. The topological polar surface area (TPSA) is 48.2 Å². The van der Waals surface area contributed by atoms with Gasteiger partial charge < -0.3 is 5.32 Å². The van der Waals surface area contributed by atoms with Crippen LogP contribution in [-0.2, 0) is 0 Å². The van der Waals surface area contributed by atoms with Crippen LogP contribution in [0.4, 0.5) is 0 Å². The molecule has 0 spiro atoms. The summed E-state index contributed by atoms with van der Waals surface area (Å²) in [5.74, 6) is 0.810. The molecular weight excluding hydrogens is 517 g/mol. The number of allylic oxidation sites excluding steroid dienone is 5. The van der Waals surface area contributed by atoms with Crippen molar-refractivity contribution in [2.45, 2.75) is 60.3 Å². The maximum Gasteiger partial charge on any atom is 0.0991 e. The van der Waals surface area contributed by atoms with Gasteiger partial charge in [0.1, 0.15) is 0 Å². The summed E-state index contributed by atoms with van der Waals surface area (Å²) < 4.78 is 1.15. The van der Waals surface area contributed by atoms with Crippen LogP contribution in [0.15, 0.2) is 68.3 Å². The van der Waals surface area contributed by atoms with Crippen molar-refractivity contribution in [1.29, 1.82) is 5.26 Å². The molecule has 1 atom stereocenters. The van der Waals surface area contributed by atoms with E-state index in [1.54, 1.807) is 0 Å². The zero-order chi connectivity index (χ0) is 25.1. The van der Waals surface area contributed by atoms with E-state index in [-0.39, 0.29) is 5.92 Å². The van der Waals surface area contributed by atoms with E-state index in [4.69, 9.17) is 0 Å². The van der Waals surface area contributed by atoms with Crippen molar-refractivity contribution in [2.24, 2.45) is 10.9 Å². The molecular formula is C29H40IN3. The number of aliphatic imine (C=N–C) groups is 1. The SMILES string of the molecule is C=C(CCNCC(C)C)C/C(C(=C)C)=C(C(C)=NC)\C(I)=C/C(C)c1cc(C#N)ccc1C. The molecule has 3 nitrogen and oxygen atoms in total. The lowest BCUT2D eigenvalue weighted by Crippen LogP contribution is -2.21. The van der Waals surface area contributed by atoms with Gasteiger partial charge >= 0.3 is 0 Å². The molecule has 0 amide bonds. The van der Waals surface area contributed by atoms with Crippen LogP contribution >= 0.6 is 22.6 Å². The van der Waals surface area contributed by atoms with Crippen molar-refractivity contribution < 1.29 is 0 Å². The summed E-state index contributed by atoms with van der Waals surface area (Å²) in [5.41, 5.74) is 8.63. The second-order valence-electron chi connectivity index (χ2n) is 9.20. The number of rotatable bonds is 12. The van der Waals surface area contributed by atoms with Gasteiger partial charge in [0.2, 0.25) is 0 Å². The Kier molecular flexibility index (Phi) is 12.6. The number of hydrogen-bond donors (Lipinski definition) is 1. The number of aryl methyl sites for hydroxylation is 1. The number of hydrogen-bond acceptors (Lipinski definition) is 3. The summed E-state index contributed by atoms with van der Waals surface area (Å²) in [4.78, 5) is 4.53. The van der Waals surface area contributed by atoms with Crippen LogP contribution in [-0.4, -0.2) is 25.8 Å². The van der Waals surface area contributed by atoms with Crippen molar-refractivity contribution in [3.05, 3.63) is 80.0 Å². The van der Waals surface area contributed by atoms with E-state index in [2.05, 4.69) is 99.7 Å². The zero-order valence-corrected chi connectivity index (χ0v) is 23.6. The number of benzene rings is 1. The van der Waals surface area contributed by atoms with Crippen LogP contribution in [0.25, 0.3) is 0 Å². The first kappa shape index (κ1) is 29.1. The van der Waals surface area contributed by atoms with E-state index in [1.165, 1.54) is 22.3 Å². The third-order valence-electron chi connectivity index (χ3n) is 5.68. The average Bonchev–Trinajstić information content (AvgIpc) is 2.75. The van der Waals surface area contributed by atoms with Gasteiger partial charge in [0, 0.05) is 27.8 Å². The Bertz CT molecular complexity index is 987. The average molecular weight is 558 g/mol. The molecule has 4 heteroatoms. The highest BCUT2D eigenvalue weighted by Crippen LogP contribution is 2.34. The smallest absolute Gasteiger partial charge is 0.0991 e. The molecule has 1 aromatic carbocycles. The fraction of sp³-hybridized carbons (Fsp3) is 0.448. The number of nitrogens with one attached hydrogen (secondary N) is 1. The molecule has 0 fully saturated rings. The summed E-state index contributed by atoms with van der Waals surface area (Å²) in [6.07, 6.45) is 4.00. The summed E-state index contributed by atoms with van der Waals surface area (Å²) in [5, 5.41) is 12.8. The van der Waals surface area contributed by atoms with Crippen LogP contribution in [0.5, 0.6) is 0 Å². The number of nitrogens with zero attached hydrogens (tertiary/aromatic N) is 2. The van der Waals surface area contributed by atoms with Gasteiger partial charge in [-0.25, -0.2) is 0 Å². The van der Waals surface area contributed by atoms with Gasteiger partial charge in [-0.05, 0) is 104 Å².